The summed E-state index contributed by atoms with van der Waals surface area (Å²) in [4.78, 5) is 28.9. The van der Waals surface area contributed by atoms with Crippen LogP contribution in [0.5, 0.6) is 5.75 Å². The highest BCUT2D eigenvalue weighted by Crippen LogP contribution is 2.23. The summed E-state index contributed by atoms with van der Waals surface area (Å²) >= 11 is 1.54. The van der Waals surface area contributed by atoms with Gasteiger partial charge in [-0.15, -0.1) is 11.3 Å². The number of ether oxygens (including phenoxy) is 2. The van der Waals surface area contributed by atoms with Crippen LogP contribution in [0, 0.1) is 5.92 Å². The number of likely N-dealkylation sites (tertiary alicyclic amines) is 1. The fourth-order valence-corrected chi connectivity index (χ4v) is 5.20. The number of carbonyl (C=O) groups excluding carboxylic acids is 2. The number of hydrogen-bond acceptors (Lipinski definition) is 8. The molecular formula is C34H43N3O4S. The van der Waals surface area contributed by atoms with Gasteiger partial charge in [-0.2, -0.15) is 0 Å². The minimum absolute atomic E-state index is 0.189. The molecule has 224 valence electrons. The van der Waals surface area contributed by atoms with Crippen molar-refractivity contribution >= 4 is 29.7 Å². The molecule has 0 aliphatic carbocycles. The Labute approximate surface area is 254 Å². The van der Waals surface area contributed by atoms with Crippen molar-refractivity contribution in [2.24, 2.45) is 11.7 Å². The first-order valence-electron chi connectivity index (χ1n) is 14.4. The van der Waals surface area contributed by atoms with E-state index in [1.807, 2.05) is 73.0 Å². The number of rotatable bonds is 11. The molecule has 1 aromatic heterocycles. The van der Waals surface area contributed by atoms with Crippen LogP contribution in [0.25, 0.3) is 6.08 Å². The van der Waals surface area contributed by atoms with Crippen LogP contribution >= 0.6 is 11.3 Å². The lowest BCUT2D eigenvalue weighted by Gasteiger charge is -2.25. The van der Waals surface area contributed by atoms with Crippen LogP contribution in [-0.2, 0) is 27.4 Å². The van der Waals surface area contributed by atoms with Crippen molar-refractivity contribution in [2.45, 2.75) is 52.7 Å². The Hall–Kier alpha value is -3.59. The van der Waals surface area contributed by atoms with Crippen molar-refractivity contribution in [1.29, 1.82) is 0 Å². The van der Waals surface area contributed by atoms with Crippen molar-refractivity contribution in [3.63, 3.8) is 0 Å². The second-order valence-corrected chi connectivity index (χ2v) is 11.4. The molecule has 0 spiro atoms. The van der Waals surface area contributed by atoms with Crippen molar-refractivity contribution < 1.29 is 19.1 Å². The van der Waals surface area contributed by atoms with E-state index in [0.717, 1.165) is 65.4 Å². The highest BCUT2D eigenvalue weighted by Gasteiger charge is 2.15. The van der Waals surface area contributed by atoms with Gasteiger partial charge in [0.05, 0.1) is 18.3 Å². The molecule has 4 rings (SSSR count). The summed E-state index contributed by atoms with van der Waals surface area (Å²) in [5.74, 6) is 0.878. The van der Waals surface area contributed by atoms with E-state index in [2.05, 4.69) is 16.9 Å². The SMILES string of the molecule is CCOC(=O)/C(C)=C\C(C)=C\c1csc([C@@H](N)Cc2ccc(OCc3ccccc3)cc2)n1.CN1CCC(C=O)CC1. The number of nitrogens with zero attached hydrogens (tertiary/aromatic N) is 2. The van der Waals surface area contributed by atoms with Crippen molar-refractivity contribution in [1.82, 2.24) is 9.88 Å². The predicted octanol–water partition coefficient (Wildman–Crippen LogP) is 6.40. The van der Waals surface area contributed by atoms with E-state index in [1.54, 1.807) is 31.3 Å². The normalized spacial score (nSPS) is 15.4. The lowest BCUT2D eigenvalue weighted by atomic mass is 9.99. The predicted molar refractivity (Wildman–Crippen MR) is 170 cm³/mol. The molecule has 8 heteroatoms. The number of esters is 1. The first-order valence-corrected chi connectivity index (χ1v) is 15.3. The molecule has 1 atom stereocenters. The van der Waals surface area contributed by atoms with Gasteiger partial charge in [-0.05, 0) is 101 Å². The third kappa shape index (κ3) is 11.4. The van der Waals surface area contributed by atoms with Crippen LogP contribution in [-0.4, -0.2) is 48.9 Å². The number of piperidine rings is 1. The molecule has 2 N–H and O–H groups in total. The Morgan fingerprint density at radius 2 is 1.79 bits per heavy atom. The molecule has 1 saturated heterocycles. The Morgan fingerprint density at radius 3 is 2.43 bits per heavy atom. The minimum atomic E-state index is -0.303. The Kier molecular flexibility index (Phi) is 13.6. The van der Waals surface area contributed by atoms with E-state index in [0.29, 0.717) is 31.1 Å². The second-order valence-electron chi connectivity index (χ2n) is 10.6. The summed E-state index contributed by atoms with van der Waals surface area (Å²) in [7, 11) is 2.10. The molecular weight excluding hydrogens is 546 g/mol. The maximum atomic E-state index is 11.8. The number of carbonyl (C=O) groups is 2. The van der Waals surface area contributed by atoms with Gasteiger partial charge in [0, 0.05) is 16.9 Å². The van der Waals surface area contributed by atoms with Crippen LogP contribution in [0.15, 0.2) is 77.2 Å². The zero-order valence-electron chi connectivity index (χ0n) is 25.1. The standard InChI is InChI=1S/C27H30N2O3S.C7H13NO/c1-4-31-27(30)20(3)14-19(2)15-23-18-33-26(29-23)25(28)16-21-10-12-24(13-11-21)32-17-22-8-6-5-7-9-22;1-8-4-2-7(6-9)3-5-8/h5-15,18,25H,4,16-17,28H2,1-3H3;6-7H,2-5H2,1H3/b19-15+,20-14-;/t25-;/m0./s1. The second kappa shape index (κ2) is 17.4. The number of aldehydes is 1. The third-order valence-electron chi connectivity index (χ3n) is 6.86. The molecule has 0 saturated carbocycles. The topological polar surface area (TPSA) is 94.8 Å². The van der Waals surface area contributed by atoms with Crippen LogP contribution in [0.1, 0.15) is 61.5 Å². The molecule has 2 aromatic carbocycles. The van der Waals surface area contributed by atoms with E-state index < -0.39 is 0 Å². The fourth-order valence-electron chi connectivity index (χ4n) is 4.43. The summed E-state index contributed by atoms with van der Waals surface area (Å²) in [5, 5.41) is 2.86. The summed E-state index contributed by atoms with van der Waals surface area (Å²) in [6, 6.07) is 17.9. The first kappa shape index (κ1) is 32.9. The average Bonchev–Trinajstić information content (AvgIpc) is 3.46. The molecule has 42 heavy (non-hydrogen) atoms. The smallest absolute Gasteiger partial charge is 0.333 e. The van der Waals surface area contributed by atoms with Crippen LogP contribution in [0.2, 0.25) is 0 Å². The van der Waals surface area contributed by atoms with Gasteiger partial charge < -0.3 is 24.9 Å². The summed E-state index contributed by atoms with van der Waals surface area (Å²) in [6.45, 7) is 8.56. The molecule has 7 nitrogen and oxygen atoms in total. The Bertz CT molecular complexity index is 1310. The molecule has 1 aliphatic rings. The summed E-state index contributed by atoms with van der Waals surface area (Å²) < 4.78 is 10.9. The van der Waals surface area contributed by atoms with Crippen molar-refractivity contribution in [3.8, 4) is 5.75 Å². The Balaban J connectivity index is 0.000000458. The zero-order valence-corrected chi connectivity index (χ0v) is 25.9. The van der Waals surface area contributed by atoms with E-state index in [4.69, 9.17) is 15.2 Å². The number of benzene rings is 2. The van der Waals surface area contributed by atoms with Crippen LogP contribution in [0.4, 0.5) is 0 Å². The zero-order chi connectivity index (χ0) is 30.3. The number of nitrogens with two attached hydrogens (primary N) is 1. The van der Waals surface area contributed by atoms with Gasteiger partial charge >= 0.3 is 5.97 Å². The van der Waals surface area contributed by atoms with Crippen molar-refractivity contribution in [2.75, 3.05) is 26.7 Å². The lowest BCUT2D eigenvalue weighted by molar-refractivity contribution is -0.138. The molecule has 0 radical (unpaired) electrons. The molecule has 2 heterocycles. The molecule has 1 fully saturated rings. The third-order valence-corrected chi connectivity index (χ3v) is 7.85. The van der Waals surface area contributed by atoms with E-state index >= 15 is 0 Å². The highest BCUT2D eigenvalue weighted by atomic mass is 32.1. The monoisotopic (exact) mass is 589 g/mol. The van der Waals surface area contributed by atoms with Gasteiger partial charge in [-0.1, -0.05) is 42.5 Å². The van der Waals surface area contributed by atoms with Crippen LogP contribution < -0.4 is 10.5 Å². The molecule has 0 amide bonds. The Morgan fingerprint density at radius 1 is 1.10 bits per heavy atom. The van der Waals surface area contributed by atoms with E-state index in [9.17, 15) is 9.59 Å². The van der Waals surface area contributed by atoms with Gasteiger partial charge in [-0.3, -0.25) is 0 Å². The molecule has 1 aliphatic heterocycles. The number of aromatic nitrogens is 1. The van der Waals surface area contributed by atoms with Gasteiger partial charge in [-0.25, -0.2) is 9.78 Å². The molecule has 0 unspecified atom stereocenters. The minimum Gasteiger partial charge on any atom is -0.489 e. The first-order chi connectivity index (χ1) is 20.3. The summed E-state index contributed by atoms with van der Waals surface area (Å²) in [6.07, 6.45) is 7.64. The van der Waals surface area contributed by atoms with Crippen LogP contribution in [0.3, 0.4) is 0 Å². The largest absolute Gasteiger partial charge is 0.489 e. The molecule has 3 aromatic rings. The average molecular weight is 590 g/mol. The maximum absolute atomic E-state index is 11.8. The number of hydrogen-bond donors (Lipinski definition) is 1. The van der Waals surface area contributed by atoms with E-state index in [-0.39, 0.29) is 12.0 Å². The van der Waals surface area contributed by atoms with Gasteiger partial charge in [0.1, 0.15) is 23.7 Å². The van der Waals surface area contributed by atoms with Crippen molar-refractivity contribution in [3.05, 3.63) is 99.0 Å². The van der Waals surface area contributed by atoms with E-state index in [1.165, 1.54) is 0 Å². The van der Waals surface area contributed by atoms with Gasteiger partial charge in [0.2, 0.25) is 0 Å². The molecule has 0 bridgehead atoms. The quantitative estimate of drug-likeness (QED) is 0.120. The lowest BCUT2D eigenvalue weighted by Crippen LogP contribution is -2.30. The fraction of sp³-hybridized carbons (Fsp3) is 0.382. The summed E-state index contributed by atoms with van der Waals surface area (Å²) in [5.41, 5.74) is 11.0. The highest BCUT2D eigenvalue weighted by molar-refractivity contribution is 7.09. The van der Waals surface area contributed by atoms with Gasteiger partial charge in [0.15, 0.2) is 0 Å². The maximum Gasteiger partial charge on any atom is 0.333 e. The van der Waals surface area contributed by atoms with Gasteiger partial charge in [0.25, 0.3) is 0 Å². The number of thiazole rings is 1. The number of allylic oxidation sites excluding steroid dienone is 2.